The van der Waals surface area contributed by atoms with Crippen molar-refractivity contribution in [1.82, 2.24) is 5.43 Å². The summed E-state index contributed by atoms with van der Waals surface area (Å²) in [6.45, 7) is 5.94. The smallest absolute Gasteiger partial charge is 0.277 e. The van der Waals surface area contributed by atoms with Crippen LogP contribution in [-0.4, -0.2) is 28.9 Å². The molecule has 0 aromatic heterocycles. The number of nitrogens with zero attached hydrogens (tertiary/aromatic N) is 1. The van der Waals surface area contributed by atoms with Gasteiger partial charge in [-0.15, -0.1) is 0 Å². The molecule has 0 unspecified atom stereocenters. The Labute approximate surface area is 160 Å². The summed E-state index contributed by atoms with van der Waals surface area (Å²) in [4.78, 5) is 11.9. The predicted molar refractivity (Wildman–Crippen MR) is 104 cm³/mol. The second-order valence-corrected chi connectivity index (χ2v) is 6.99. The fourth-order valence-corrected chi connectivity index (χ4v) is 2.63. The maximum absolute atomic E-state index is 11.9. The van der Waals surface area contributed by atoms with Gasteiger partial charge in [-0.1, -0.05) is 26.0 Å². The van der Waals surface area contributed by atoms with Crippen LogP contribution < -0.4 is 10.2 Å². The van der Waals surface area contributed by atoms with Crippen molar-refractivity contribution in [2.45, 2.75) is 26.7 Å². The van der Waals surface area contributed by atoms with E-state index in [0.717, 1.165) is 11.1 Å². The molecule has 2 rings (SSSR count). The van der Waals surface area contributed by atoms with Gasteiger partial charge in [-0.05, 0) is 63.7 Å². The molecule has 0 saturated carbocycles. The van der Waals surface area contributed by atoms with Crippen LogP contribution >= 0.6 is 15.9 Å². The number of benzene rings is 2. The van der Waals surface area contributed by atoms with Crippen LogP contribution in [0.4, 0.5) is 0 Å². The van der Waals surface area contributed by atoms with E-state index in [1.807, 2.05) is 25.1 Å². The van der Waals surface area contributed by atoms with Crippen LogP contribution in [0.1, 0.15) is 36.5 Å². The Kier molecular flexibility index (Phi) is 6.63. The monoisotopic (exact) mass is 420 g/mol. The molecule has 0 fully saturated rings. The third-order valence-corrected chi connectivity index (χ3v) is 4.31. The molecule has 0 saturated heterocycles. The molecule has 0 aliphatic rings. The molecular weight excluding hydrogens is 400 g/mol. The number of rotatable bonds is 6. The number of phenols is 2. The summed E-state index contributed by atoms with van der Waals surface area (Å²) in [5, 5.41) is 22.8. The Morgan fingerprint density at radius 3 is 2.69 bits per heavy atom. The highest BCUT2D eigenvalue weighted by atomic mass is 79.9. The Morgan fingerprint density at radius 1 is 1.31 bits per heavy atom. The first-order valence-electron chi connectivity index (χ1n) is 8.04. The zero-order chi connectivity index (χ0) is 19.3. The second-order valence-electron chi connectivity index (χ2n) is 6.13. The summed E-state index contributed by atoms with van der Waals surface area (Å²) < 4.78 is 5.91. The van der Waals surface area contributed by atoms with Gasteiger partial charge in [0.1, 0.15) is 5.75 Å². The van der Waals surface area contributed by atoms with Gasteiger partial charge < -0.3 is 14.9 Å². The van der Waals surface area contributed by atoms with Crippen LogP contribution in [-0.2, 0) is 4.79 Å². The van der Waals surface area contributed by atoms with Crippen molar-refractivity contribution in [3.8, 4) is 17.2 Å². The number of ether oxygens (including phenoxy) is 1. The minimum absolute atomic E-state index is 0.162. The standard InChI is InChI=1S/C19H21BrN2O4/c1-11(2)14-5-4-12(3)17(8-14)26-10-18(24)22-21-9-13-6-15(20)19(25)16(23)7-13/h4-9,11,23,25H,10H2,1-3H3,(H,22,24). The number of phenolic OH excluding ortho intramolecular Hbond substituents is 2. The number of carbonyl (C=O) groups is 1. The molecule has 0 atom stereocenters. The number of hydrogen-bond donors (Lipinski definition) is 3. The van der Waals surface area contributed by atoms with E-state index in [-0.39, 0.29) is 18.1 Å². The lowest BCUT2D eigenvalue weighted by Gasteiger charge is -2.12. The lowest BCUT2D eigenvalue weighted by molar-refractivity contribution is -0.123. The van der Waals surface area contributed by atoms with Gasteiger partial charge in [0.2, 0.25) is 0 Å². The Balaban J connectivity index is 1.92. The topological polar surface area (TPSA) is 91.2 Å². The summed E-state index contributed by atoms with van der Waals surface area (Å²) in [7, 11) is 0. The normalized spacial score (nSPS) is 11.1. The van der Waals surface area contributed by atoms with Crippen molar-refractivity contribution < 1.29 is 19.7 Å². The predicted octanol–water partition coefficient (Wildman–Crippen LogP) is 3.82. The van der Waals surface area contributed by atoms with E-state index >= 15 is 0 Å². The SMILES string of the molecule is Cc1ccc(C(C)C)cc1OCC(=O)NN=Cc1cc(O)c(O)c(Br)c1. The number of aromatic hydroxyl groups is 2. The average Bonchev–Trinajstić information content (AvgIpc) is 2.58. The second kappa shape index (κ2) is 8.71. The van der Waals surface area contributed by atoms with Gasteiger partial charge in [-0.2, -0.15) is 5.10 Å². The lowest BCUT2D eigenvalue weighted by Crippen LogP contribution is -2.24. The van der Waals surface area contributed by atoms with E-state index in [2.05, 4.69) is 40.3 Å². The van der Waals surface area contributed by atoms with Gasteiger partial charge in [-0.25, -0.2) is 5.43 Å². The third-order valence-electron chi connectivity index (χ3n) is 3.71. The summed E-state index contributed by atoms with van der Waals surface area (Å²) in [6.07, 6.45) is 1.35. The van der Waals surface area contributed by atoms with Crippen molar-refractivity contribution in [3.05, 3.63) is 51.5 Å². The van der Waals surface area contributed by atoms with Gasteiger partial charge >= 0.3 is 0 Å². The molecule has 0 heterocycles. The third kappa shape index (κ3) is 5.23. The minimum Gasteiger partial charge on any atom is -0.504 e. The molecule has 7 heteroatoms. The first-order chi connectivity index (χ1) is 12.3. The number of carbonyl (C=O) groups excluding carboxylic acids is 1. The van der Waals surface area contributed by atoms with Gasteiger partial charge in [-0.3, -0.25) is 4.79 Å². The first kappa shape index (κ1) is 19.8. The molecule has 0 spiro atoms. The molecule has 138 valence electrons. The van der Waals surface area contributed by atoms with Gasteiger partial charge in [0.25, 0.3) is 5.91 Å². The van der Waals surface area contributed by atoms with Crippen LogP contribution in [0.25, 0.3) is 0 Å². The van der Waals surface area contributed by atoms with Crippen LogP contribution in [0.15, 0.2) is 39.9 Å². The van der Waals surface area contributed by atoms with Crippen molar-refractivity contribution in [2.24, 2.45) is 5.10 Å². The number of amides is 1. The number of aryl methyl sites for hydroxylation is 1. The quantitative estimate of drug-likeness (QED) is 0.376. The molecule has 3 N–H and O–H groups in total. The summed E-state index contributed by atoms with van der Waals surface area (Å²) >= 11 is 3.11. The number of hydrazone groups is 1. The van der Waals surface area contributed by atoms with Gasteiger partial charge in [0, 0.05) is 0 Å². The summed E-state index contributed by atoms with van der Waals surface area (Å²) in [5.41, 5.74) is 4.96. The van der Waals surface area contributed by atoms with Crippen molar-refractivity contribution >= 4 is 28.1 Å². The molecule has 26 heavy (non-hydrogen) atoms. The number of nitrogens with one attached hydrogen (secondary N) is 1. The highest BCUT2D eigenvalue weighted by Crippen LogP contribution is 2.33. The van der Waals surface area contributed by atoms with E-state index in [1.54, 1.807) is 6.07 Å². The maximum atomic E-state index is 11.9. The van der Waals surface area contributed by atoms with E-state index < -0.39 is 5.91 Å². The van der Waals surface area contributed by atoms with Crippen molar-refractivity contribution in [3.63, 3.8) is 0 Å². The maximum Gasteiger partial charge on any atom is 0.277 e. The molecule has 0 bridgehead atoms. The van der Waals surface area contributed by atoms with Crippen molar-refractivity contribution in [2.75, 3.05) is 6.61 Å². The zero-order valence-corrected chi connectivity index (χ0v) is 16.4. The fourth-order valence-electron chi connectivity index (χ4n) is 2.17. The highest BCUT2D eigenvalue weighted by molar-refractivity contribution is 9.10. The Morgan fingerprint density at radius 2 is 2.04 bits per heavy atom. The largest absolute Gasteiger partial charge is 0.504 e. The molecule has 0 aliphatic heterocycles. The first-order valence-corrected chi connectivity index (χ1v) is 8.84. The van der Waals surface area contributed by atoms with Crippen LogP contribution in [0.5, 0.6) is 17.2 Å². The molecular formula is C19H21BrN2O4. The fraction of sp³-hybridized carbons (Fsp3) is 0.263. The van der Waals surface area contributed by atoms with Crippen molar-refractivity contribution in [1.29, 1.82) is 0 Å². The molecule has 0 aliphatic carbocycles. The molecule has 0 radical (unpaired) electrons. The van der Waals surface area contributed by atoms with E-state index in [4.69, 9.17) is 4.74 Å². The molecule has 2 aromatic rings. The molecule has 6 nitrogen and oxygen atoms in total. The average molecular weight is 421 g/mol. The van der Waals surface area contributed by atoms with E-state index in [9.17, 15) is 15.0 Å². The summed E-state index contributed by atoms with van der Waals surface area (Å²) in [6, 6.07) is 8.83. The number of halogens is 1. The zero-order valence-electron chi connectivity index (χ0n) is 14.8. The van der Waals surface area contributed by atoms with Crippen LogP contribution in [0.3, 0.4) is 0 Å². The highest BCUT2D eigenvalue weighted by Gasteiger charge is 2.08. The minimum atomic E-state index is -0.405. The Hall–Kier alpha value is -2.54. The molecule has 1 amide bonds. The summed E-state index contributed by atoms with van der Waals surface area (Å²) in [5.74, 6) is 0.104. The van der Waals surface area contributed by atoms with Crippen LogP contribution in [0, 0.1) is 6.92 Å². The van der Waals surface area contributed by atoms with Gasteiger partial charge in [0.05, 0.1) is 10.7 Å². The van der Waals surface area contributed by atoms with Crippen LogP contribution in [0.2, 0.25) is 0 Å². The molecule has 2 aromatic carbocycles. The Bertz CT molecular complexity index is 811. The lowest BCUT2D eigenvalue weighted by atomic mass is 10.0. The van der Waals surface area contributed by atoms with E-state index in [1.165, 1.54) is 12.3 Å². The van der Waals surface area contributed by atoms with Gasteiger partial charge in [0.15, 0.2) is 18.1 Å². The number of hydrogen-bond acceptors (Lipinski definition) is 5. The van der Waals surface area contributed by atoms with E-state index in [0.29, 0.717) is 21.7 Å².